The predicted octanol–water partition coefficient (Wildman–Crippen LogP) is 1.35. The van der Waals surface area contributed by atoms with Gasteiger partial charge in [0.05, 0.1) is 11.5 Å². The maximum Gasteiger partial charge on any atom is 0.151 e. The van der Waals surface area contributed by atoms with Gasteiger partial charge in [-0.15, -0.1) is 6.58 Å². The largest absolute Gasteiger partial charge is 0.299 e. The number of sulfone groups is 1. The third-order valence-corrected chi connectivity index (χ3v) is 4.29. The van der Waals surface area contributed by atoms with E-state index in [1.165, 1.54) is 0 Å². The standard InChI is InChI=1S/C10H16O3S/c1-2-3-4-5-10(11)9-6-7-14(12,13)8-9/h2,9H,1,3-8H2. The van der Waals surface area contributed by atoms with Gasteiger partial charge in [0.2, 0.25) is 0 Å². The Bertz CT molecular complexity index is 316. The van der Waals surface area contributed by atoms with Crippen LogP contribution in [0.4, 0.5) is 0 Å². The third kappa shape index (κ3) is 3.25. The fraction of sp³-hybridized carbons (Fsp3) is 0.700. The summed E-state index contributed by atoms with van der Waals surface area (Å²) in [6.45, 7) is 3.57. The summed E-state index contributed by atoms with van der Waals surface area (Å²) < 4.78 is 22.2. The van der Waals surface area contributed by atoms with E-state index in [2.05, 4.69) is 6.58 Å². The van der Waals surface area contributed by atoms with Gasteiger partial charge >= 0.3 is 0 Å². The normalized spacial score (nSPS) is 24.7. The molecule has 0 amide bonds. The highest BCUT2D eigenvalue weighted by Crippen LogP contribution is 2.21. The fourth-order valence-corrected chi connectivity index (χ4v) is 3.45. The minimum absolute atomic E-state index is 0.0694. The Hall–Kier alpha value is -0.640. The van der Waals surface area contributed by atoms with E-state index < -0.39 is 9.84 Å². The van der Waals surface area contributed by atoms with E-state index in [1.54, 1.807) is 6.08 Å². The summed E-state index contributed by atoms with van der Waals surface area (Å²) in [5.41, 5.74) is 0. The summed E-state index contributed by atoms with van der Waals surface area (Å²) in [4.78, 5) is 11.5. The van der Waals surface area contributed by atoms with E-state index in [4.69, 9.17) is 0 Å². The summed E-state index contributed by atoms with van der Waals surface area (Å²) in [5, 5.41) is 0. The Morgan fingerprint density at radius 2 is 2.21 bits per heavy atom. The fourth-order valence-electron chi connectivity index (χ4n) is 1.67. The summed E-state index contributed by atoms with van der Waals surface area (Å²) in [6, 6.07) is 0. The van der Waals surface area contributed by atoms with Gasteiger partial charge in [-0.05, 0) is 19.3 Å². The van der Waals surface area contributed by atoms with E-state index in [9.17, 15) is 13.2 Å². The van der Waals surface area contributed by atoms with E-state index in [1.807, 2.05) is 0 Å². The molecule has 0 radical (unpaired) electrons. The van der Waals surface area contributed by atoms with Crippen LogP contribution in [0, 0.1) is 5.92 Å². The van der Waals surface area contributed by atoms with E-state index in [0.717, 1.165) is 12.8 Å². The topological polar surface area (TPSA) is 51.2 Å². The zero-order chi connectivity index (χ0) is 10.6. The second kappa shape index (κ2) is 4.73. The predicted molar refractivity (Wildman–Crippen MR) is 55.8 cm³/mol. The second-order valence-corrected chi connectivity index (χ2v) is 5.98. The highest BCUT2D eigenvalue weighted by Gasteiger charge is 2.31. The van der Waals surface area contributed by atoms with Gasteiger partial charge in [0.15, 0.2) is 9.84 Å². The first-order valence-electron chi connectivity index (χ1n) is 4.89. The van der Waals surface area contributed by atoms with Crippen LogP contribution in [0.5, 0.6) is 0 Å². The molecule has 0 N–H and O–H groups in total. The monoisotopic (exact) mass is 216 g/mol. The Labute approximate surface area is 85.1 Å². The molecule has 1 heterocycles. The first-order chi connectivity index (χ1) is 6.55. The molecule has 0 saturated carbocycles. The number of Topliss-reactive ketones (excluding diaryl/α,β-unsaturated/α-hetero) is 1. The molecule has 1 aliphatic rings. The molecule has 14 heavy (non-hydrogen) atoms. The number of unbranched alkanes of at least 4 members (excludes halogenated alkanes) is 1. The molecule has 1 unspecified atom stereocenters. The van der Waals surface area contributed by atoms with Gasteiger partial charge in [-0.25, -0.2) is 8.42 Å². The van der Waals surface area contributed by atoms with Crippen LogP contribution in [0.15, 0.2) is 12.7 Å². The van der Waals surface area contributed by atoms with Gasteiger partial charge in [-0.3, -0.25) is 4.79 Å². The van der Waals surface area contributed by atoms with Crippen molar-refractivity contribution in [2.24, 2.45) is 5.92 Å². The third-order valence-electron chi connectivity index (χ3n) is 2.52. The SMILES string of the molecule is C=CCCCC(=O)C1CCS(=O)(=O)C1. The van der Waals surface area contributed by atoms with Crippen molar-refractivity contribution in [2.75, 3.05) is 11.5 Å². The summed E-state index contributed by atoms with van der Waals surface area (Å²) in [5.74, 6) is 0.128. The number of carbonyl (C=O) groups excluding carboxylic acids is 1. The minimum Gasteiger partial charge on any atom is -0.299 e. The number of ketones is 1. The van der Waals surface area contributed by atoms with Crippen molar-refractivity contribution < 1.29 is 13.2 Å². The lowest BCUT2D eigenvalue weighted by Crippen LogP contribution is -2.15. The average Bonchev–Trinajstić information content (AvgIpc) is 2.46. The van der Waals surface area contributed by atoms with Gasteiger partial charge in [-0.2, -0.15) is 0 Å². The Kier molecular flexibility index (Phi) is 3.86. The molecule has 1 rings (SSSR count). The molecular formula is C10H16O3S. The summed E-state index contributed by atoms with van der Waals surface area (Å²) in [7, 11) is -2.91. The minimum atomic E-state index is -2.91. The quantitative estimate of drug-likeness (QED) is 0.515. The molecule has 4 heteroatoms. The molecule has 0 aromatic heterocycles. The van der Waals surface area contributed by atoms with Crippen LogP contribution in [-0.4, -0.2) is 25.7 Å². The Morgan fingerprint density at radius 3 is 2.71 bits per heavy atom. The van der Waals surface area contributed by atoms with Gasteiger partial charge < -0.3 is 0 Å². The van der Waals surface area contributed by atoms with Crippen LogP contribution in [0.25, 0.3) is 0 Å². The summed E-state index contributed by atoms with van der Waals surface area (Å²) >= 11 is 0. The van der Waals surface area contributed by atoms with Crippen LogP contribution in [0.2, 0.25) is 0 Å². The number of hydrogen-bond donors (Lipinski definition) is 0. The smallest absolute Gasteiger partial charge is 0.151 e. The van der Waals surface area contributed by atoms with E-state index in [0.29, 0.717) is 12.8 Å². The second-order valence-electron chi connectivity index (χ2n) is 3.75. The molecule has 1 atom stereocenters. The molecule has 0 aromatic carbocycles. The molecule has 0 bridgehead atoms. The molecular weight excluding hydrogens is 200 g/mol. The van der Waals surface area contributed by atoms with Gasteiger partial charge in [-0.1, -0.05) is 6.08 Å². The van der Waals surface area contributed by atoms with Crippen molar-refractivity contribution >= 4 is 15.6 Å². The Balaban J connectivity index is 2.36. The zero-order valence-electron chi connectivity index (χ0n) is 8.24. The molecule has 1 aliphatic heterocycles. The van der Waals surface area contributed by atoms with E-state index >= 15 is 0 Å². The Morgan fingerprint density at radius 1 is 1.50 bits per heavy atom. The maximum atomic E-state index is 11.5. The van der Waals surface area contributed by atoms with Gasteiger partial charge in [0.1, 0.15) is 5.78 Å². The van der Waals surface area contributed by atoms with Crippen LogP contribution in [0.1, 0.15) is 25.7 Å². The number of rotatable bonds is 5. The lowest BCUT2D eigenvalue weighted by Gasteiger charge is -2.04. The van der Waals surface area contributed by atoms with Crippen molar-refractivity contribution in [3.8, 4) is 0 Å². The van der Waals surface area contributed by atoms with Gasteiger partial charge in [0, 0.05) is 12.3 Å². The average molecular weight is 216 g/mol. The van der Waals surface area contributed by atoms with Crippen molar-refractivity contribution in [1.82, 2.24) is 0 Å². The first-order valence-corrected chi connectivity index (χ1v) is 6.71. The van der Waals surface area contributed by atoms with Crippen molar-refractivity contribution in [2.45, 2.75) is 25.7 Å². The number of allylic oxidation sites excluding steroid dienone is 1. The molecule has 0 aromatic rings. The highest BCUT2D eigenvalue weighted by molar-refractivity contribution is 7.91. The molecule has 1 fully saturated rings. The lowest BCUT2D eigenvalue weighted by atomic mass is 9.99. The molecule has 0 spiro atoms. The van der Waals surface area contributed by atoms with Crippen LogP contribution >= 0.6 is 0 Å². The first kappa shape index (κ1) is 11.4. The molecule has 3 nitrogen and oxygen atoms in total. The lowest BCUT2D eigenvalue weighted by molar-refractivity contribution is -0.122. The highest BCUT2D eigenvalue weighted by atomic mass is 32.2. The maximum absolute atomic E-state index is 11.5. The zero-order valence-corrected chi connectivity index (χ0v) is 9.05. The van der Waals surface area contributed by atoms with Crippen molar-refractivity contribution in [3.63, 3.8) is 0 Å². The molecule has 80 valence electrons. The van der Waals surface area contributed by atoms with Gasteiger partial charge in [0.25, 0.3) is 0 Å². The molecule has 1 saturated heterocycles. The summed E-state index contributed by atoms with van der Waals surface area (Å²) in [6.07, 6.45) is 4.41. The van der Waals surface area contributed by atoms with Crippen LogP contribution in [-0.2, 0) is 14.6 Å². The molecule has 0 aliphatic carbocycles. The van der Waals surface area contributed by atoms with Crippen LogP contribution < -0.4 is 0 Å². The van der Waals surface area contributed by atoms with Crippen molar-refractivity contribution in [3.05, 3.63) is 12.7 Å². The number of hydrogen-bond acceptors (Lipinski definition) is 3. The van der Waals surface area contributed by atoms with Crippen molar-refractivity contribution in [1.29, 1.82) is 0 Å². The van der Waals surface area contributed by atoms with E-state index in [-0.39, 0.29) is 23.2 Å². The van der Waals surface area contributed by atoms with Crippen LogP contribution in [0.3, 0.4) is 0 Å². The number of carbonyl (C=O) groups is 1.